The summed E-state index contributed by atoms with van der Waals surface area (Å²) < 4.78 is 29.6. The van der Waals surface area contributed by atoms with E-state index >= 15 is 0 Å². The van der Waals surface area contributed by atoms with Crippen molar-refractivity contribution in [3.8, 4) is 0 Å². The number of hydrogen-bond donors (Lipinski definition) is 1. The van der Waals surface area contributed by atoms with Gasteiger partial charge < -0.3 is 4.28 Å². The number of halogens is 1. The first-order chi connectivity index (χ1) is 5.00. The molecule has 0 saturated heterocycles. The van der Waals surface area contributed by atoms with Gasteiger partial charge in [-0.25, -0.2) is 0 Å². The Morgan fingerprint density at radius 2 is 1.67 bits per heavy atom. The van der Waals surface area contributed by atoms with Crippen LogP contribution in [0.1, 0.15) is 4.28 Å². The standard InChI is InChI=1S/C6H7O3PS.HI.3Na.3H/c7-11(8,9)6-3-1-2-5(10)4-6;;;;;;;/h1-4H,10H2,(H,7,8,9);1H;;;;;;/q;;3*+1;3*-1. The van der Waals surface area contributed by atoms with Crippen molar-refractivity contribution >= 4 is 48.6 Å². The van der Waals surface area contributed by atoms with Gasteiger partial charge in [-0.2, -0.15) is 8.42 Å². The van der Waals surface area contributed by atoms with Gasteiger partial charge in [0.1, 0.15) is 0 Å². The third kappa shape index (κ3) is 10.9. The van der Waals surface area contributed by atoms with Crippen LogP contribution in [0.25, 0.3) is 0 Å². The van der Waals surface area contributed by atoms with Crippen LogP contribution in [0.5, 0.6) is 0 Å². The van der Waals surface area contributed by atoms with Crippen molar-refractivity contribution in [3.05, 3.63) is 24.3 Å². The van der Waals surface area contributed by atoms with Gasteiger partial charge in [-0.3, -0.25) is 4.55 Å². The smallest absolute Gasteiger partial charge is 1.00 e. The van der Waals surface area contributed by atoms with Crippen molar-refractivity contribution in [3.63, 3.8) is 0 Å². The van der Waals surface area contributed by atoms with E-state index in [9.17, 15) is 8.42 Å². The summed E-state index contributed by atoms with van der Waals surface area (Å²) in [7, 11) is -1.69. The third-order valence-corrected chi connectivity index (χ3v) is 2.36. The Bertz CT molecular complexity index is 385. The molecule has 1 atom stereocenters. The minimum absolute atomic E-state index is 0. The maximum atomic E-state index is 10.5. The Morgan fingerprint density at radius 1 is 1.20 bits per heavy atom. The van der Waals surface area contributed by atoms with E-state index in [2.05, 4.69) is 9.24 Å². The second-order valence-corrected chi connectivity index (χ2v) is 4.14. The predicted molar refractivity (Wildman–Crippen MR) is 64.4 cm³/mol. The molecule has 0 aromatic heterocycles. The van der Waals surface area contributed by atoms with E-state index in [-0.39, 0.29) is 122 Å². The Labute approximate surface area is 180 Å². The summed E-state index contributed by atoms with van der Waals surface area (Å²) in [5, 5.41) is 0.722. The van der Waals surface area contributed by atoms with E-state index in [0.717, 1.165) is 5.30 Å². The molecule has 1 N–H and O–H groups in total. The molecule has 3 nitrogen and oxygen atoms in total. The molecule has 0 saturated carbocycles. The molecule has 15 heavy (non-hydrogen) atoms. The summed E-state index contributed by atoms with van der Waals surface area (Å²) in [6.07, 6.45) is 0. The minimum Gasteiger partial charge on any atom is -1.00 e. The molecule has 0 amide bonds. The van der Waals surface area contributed by atoms with Crippen LogP contribution in [0, 0.1) is 0 Å². The molecule has 9 heteroatoms. The molecule has 0 spiro atoms. The maximum Gasteiger partial charge on any atom is 1.00 e. The Kier molecular flexibility index (Phi) is 22.0. The van der Waals surface area contributed by atoms with Gasteiger partial charge >= 0.3 is 88.7 Å². The average Bonchev–Trinajstić information content (AvgIpc) is 1.86. The Hall–Kier alpha value is 3.29. The molecule has 1 rings (SSSR count). The van der Waals surface area contributed by atoms with Crippen LogP contribution in [-0.4, -0.2) is 13.0 Å². The fourth-order valence-electron chi connectivity index (χ4n) is 0.675. The maximum absolute atomic E-state index is 10.5. The summed E-state index contributed by atoms with van der Waals surface area (Å²) in [6, 6.07) is 5.99. The van der Waals surface area contributed by atoms with Crippen molar-refractivity contribution in [1.82, 2.24) is 0 Å². The fourth-order valence-corrected chi connectivity index (χ4v) is 1.62. The quantitative estimate of drug-likeness (QED) is 0.225. The molecule has 0 aliphatic rings. The number of benzene rings is 1. The van der Waals surface area contributed by atoms with Gasteiger partial charge in [0.25, 0.3) is 10.1 Å². The van der Waals surface area contributed by atoms with Gasteiger partial charge in [-0.05, 0) is 17.4 Å². The van der Waals surface area contributed by atoms with Crippen molar-refractivity contribution in [2.45, 2.75) is 4.90 Å². The molecule has 1 aromatic carbocycles. The SMILES string of the molecule is I.O=S(=O)(O)c1cccc(P)c1.[H-].[H-].[H-].[Na+].[Na+].[Na+]. The molecule has 1 aromatic rings. The summed E-state index contributed by atoms with van der Waals surface area (Å²) in [6.45, 7) is 0. The van der Waals surface area contributed by atoms with Crippen LogP contribution in [0.2, 0.25) is 0 Å². The molecule has 0 aliphatic heterocycles. The molecule has 0 fully saturated rings. The summed E-state index contributed by atoms with van der Waals surface area (Å²) in [5.41, 5.74) is 0. The third-order valence-electron chi connectivity index (χ3n) is 1.16. The van der Waals surface area contributed by atoms with E-state index in [4.69, 9.17) is 4.55 Å². The van der Waals surface area contributed by atoms with Crippen molar-refractivity contribution in [2.24, 2.45) is 0 Å². The number of rotatable bonds is 1. The van der Waals surface area contributed by atoms with Crippen LogP contribution in [0.3, 0.4) is 0 Å². The molecule has 0 bridgehead atoms. The normalized spacial score (nSPS) is 8.40. The second-order valence-electron chi connectivity index (χ2n) is 2.05. The molecular formula is C6H11INa3O3PS. The summed E-state index contributed by atoms with van der Waals surface area (Å²) >= 11 is 0. The summed E-state index contributed by atoms with van der Waals surface area (Å²) in [4.78, 5) is -0.0787. The van der Waals surface area contributed by atoms with Crippen LogP contribution in [-0.2, 0) is 10.1 Å². The molecule has 0 aliphatic carbocycles. The van der Waals surface area contributed by atoms with Gasteiger partial charge in [-0.15, -0.1) is 33.2 Å². The zero-order chi connectivity index (χ0) is 8.48. The average molecular weight is 390 g/mol. The van der Waals surface area contributed by atoms with E-state index < -0.39 is 10.1 Å². The van der Waals surface area contributed by atoms with Gasteiger partial charge in [-0.1, -0.05) is 12.1 Å². The zero-order valence-electron chi connectivity index (χ0n) is 12.0. The monoisotopic (exact) mass is 390 g/mol. The zero-order valence-corrected chi connectivity index (χ0v) is 19.3. The Balaban J connectivity index is -0.0000000346. The first kappa shape index (κ1) is 26.8. The largest absolute Gasteiger partial charge is 1.00 e. The van der Waals surface area contributed by atoms with E-state index in [1.54, 1.807) is 12.1 Å². The molecular weight excluding hydrogens is 379 g/mol. The molecule has 0 heterocycles. The minimum atomic E-state index is -4.04. The fraction of sp³-hybridized carbons (Fsp3) is 0. The molecule has 0 radical (unpaired) electrons. The topological polar surface area (TPSA) is 54.4 Å². The molecule has 1 unspecified atom stereocenters. The van der Waals surface area contributed by atoms with Gasteiger partial charge in [0.2, 0.25) is 0 Å². The van der Waals surface area contributed by atoms with Gasteiger partial charge in [0.05, 0.1) is 4.90 Å². The second kappa shape index (κ2) is 12.3. The van der Waals surface area contributed by atoms with E-state index in [1.807, 2.05) is 0 Å². The van der Waals surface area contributed by atoms with Gasteiger partial charge in [0, 0.05) is 0 Å². The van der Waals surface area contributed by atoms with Crippen molar-refractivity contribution in [2.75, 3.05) is 0 Å². The summed E-state index contributed by atoms with van der Waals surface area (Å²) in [5.74, 6) is 0. The first-order valence-corrected chi connectivity index (χ1v) is 4.85. The van der Waals surface area contributed by atoms with Crippen molar-refractivity contribution in [1.29, 1.82) is 0 Å². The van der Waals surface area contributed by atoms with Gasteiger partial charge in [0.15, 0.2) is 0 Å². The Morgan fingerprint density at radius 3 is 1.93 bits per heavy atom. The molecule has 74 valence electrons. The van der Waals surface area contributed by atoms with E-state index in [0.29, 0.717) is 0 Å². The van der Waals surface area contributed by atoms with E-state index in [1.165, 1.54) is 12.1 Å². The van der Waals surface area contributed by atoms with Crippen LogP contribution < -0.4 is 94.0 Å². The van der Waals surface area contributed by atoms with Crippen molar-refractivity contribution < 1.29 is 106 Å². The van der Waals surface area contributed by atoms with Crippen LogP contribution in [0.15, 0.2) is 29.2 Å². The van der Waals surface area contributed by atoms with Crippen LogP contribution >= 0.6 is 33.2 Å². The first-order valence-electron chi connectivity index (χ1n) is 2.83. The number of hydrogen-bond acceptors (Lipinski definition) is 2. The van der Waals surface area contributed by atoms with Crippen LogP contribution in [0.4, 0.5) is 0 Å². The predicted octanol–water partition coefficient (Wildman–Crippen LogP) is -7.60.